The first kappa shape index (κ1) is 13.3. The average Bonchev–Trinajstić information content (AvgIpc) is 2.21. The molecule has 1 N–H and O–H groups in total. The molecule has 1 aromatic rings. The third-order valence-electron chi connectivity index (χ3n) is 1.99. The zero-order chi connectivity index (χ0) is 12.5. The summed E-state index contributed by atoms with van der Waals surface area (Å²) in [6.07, 6.45) is 0. The standard InChI is InChI=1S/C9H8Cl2O4S/c1-2-16(14,15)6-4-3-5(9(12)13)7(10)8(6)11/h3-4H,2H2,1H3,(H,12,13). The highest BCUT2D eigenvalue weighted by Crippen LogP contribution is 2.32. The van der Waals surface area contributed by atoms with E-state index in [0.29, 0.717) is 0 Å². The van der Waals surface area contributed by atoms with Gasteiger partial charge in [0, 0.05) is 0 Å². The molecule has 0 fully saturated rings. The highest BCUT2D eigenvalue weighted by Gasteiger charge is 2.21. The number of aromatic carboxylic acids is 1. The molecule has 16 heavy (non-hydrogen) atoms. The molecule has 7 heteroatoms. The van der Waals surface area contributed by atoms with Crippen molar-refractivity contribution in [3.8, 4) is 0 Å². The number of carbonyl (C=O) groups is 1. The summed E-state index contributed by atoms with van der Waals surface area (Å²) in [5.74, 6) is -1.39. The van der Waals surface area contributed by atoms with Crippen molar-refractivity contribution >= 4 is 39.0 Å². The van der Waals surface area contributed by atoms with E-state index in [-0.39, 0.29) is 26.3 Å². The predicted octanol–water partition coefficient (Wildman–Crippen LogP) is 2.49. The maximum Gasteiger partial charge on any atom is 0.337 e. The van der Waals surface area contributed by atoms with Gasteiger partial charge in [0.05, 0.1) is 26.3 Å². The van der Waals surface area contributed by atoms with Crippen molar-refractivity contribution < 1.29 is 18.3 Å². The summed E-state index contributed by atoms with van der Waals surface area (Å²) in [6.45, 7) is 1.46. The van der Waals surface area contributed by atoms with Crippen LogP contribution >= 0.6 is 23.2 Å². The number of sulfone groups is 1. The summed E-state index contributed by atoms with van der Waals surface area (Å²) in [6, 6.07) is 2.27. The minimum atomic E-state index is -3.50. The maximum absolute atomic E-state index is 11.6. The number of hydrogen-bond acceptors (Lipinski definition) is 3. The minimum Gasteiger partial charge on any atom is -0.478 e. The first-order valence-corrected chi connectivity index (χ1v) is 6.66. The van der Waals surface area contributed by atoms with E-state index in [0.717, 1.165) is 12.1 Å². The van der Waals surface area contributed by atoms with Gasteiger partial charge in [-0.15, -0.1) is 0 Å². The number of hydrogen-bond donors (Lipinski definition) is 1. The Bertz CT molecular complexity index is 537. The smallest absolute Gasteiger partial charge is 0.337 e. The highest BCUT2D eigenvalue weighted by atomic mass is 35.5. The predicted molar refractivity (Wildman–Crippen MR) is 61.1 cm³/mol. The summed E-state index contributed by atoms with van der Waals surface area (Å²) < 4.78 is 23.1. The van der Waals surface area contributed by atoms with Crippen LogP contribution in [0.5, 0.6) is 0 Å². The van der Waals surface area contributed by atoms with Crippen LogP contribution in [0.4, 0.5) is 0 Å². The van der Waals surface area contributed by atoms with Gasteiger partial charge in [-0.3, -0.25) is 0 Å². The van der Waals surface area contributed by atoms with E-state index in [1.807, 2.05) is 0 Å². The van der Waals surface area contributed by atoms with Gasteiger partial charge in [0.1, 0.15) is 0 Å². The first-order valence-electron chi connectivity index (χ1n) is 4.25. The second-order valence-electron chi connectivity index (χ2n) is 2.95. The zero-order valence-electron chi connectivity index (χ0n) is 8.20. The third kappa shape index (κ3) is 2.31. The Kier molecular flexibility index (Phi) is 3.83. The lowest BCUT2D eigenvalue weighted by Gasteiger charge is -2.07. The summed E-state index contributed by atoms with van der Waals surface area (Å²) in [5, 5.41) is 8.24. The van der Waals surface area contributed by atoms with E-state index in [1.54, 1.807) is 0 Å². The van der Waals surface area contributed by atoms with E-state index in [2.05, 4.69) is 0 Å². The molecule has 88 valence electrons. The molecule has 0 spiro atoms. The van der Waals surface area contributed by atoms with Crippen molar-refractivity contribution in [1.82, 2.24) is 0 Å². The Labute approximate surface area is 103 Å². The van der Waals surface area contributed by atoms with Crippen LogP contribution in [0.15, 0.2) is 17.0 Å². The molecule has 0 saturated carbocycles. The fourth-order valence-corrected chi connectivity index (χ4v) is 2.87. The van der Waals surface area contributed by atoms with E-state index < -0.39 is 15.8 Å². The quantitative estimate of drug-likeness (QED) is 0.925. The lowest BCUT2D eigenvalue weighted by atomic mass is 10.2. The van der Waals surface area contributed by atoms with E-state index in [1.165, 1.54) is 6.92 Å². The molecule has 0 saturated heterocycles. The molecular weight excluding hydrogens is 275 g/mol. The molecule has 0 aliphatic rings. The number of carboxylic acid groups (broad SMARTS) is 1. The Hall–Kier alpha value is -0.780. The van der Waals surface area contributed by atoms with E-state index >= 15 is 0 Å². The molecule has 0 heterocycles. The van der Waals surface area contributed by atoms with Crippen molar-refractivity contribution in [3.63, 3.8) is 0 Å². The van der Waals surface area contributed by atoms with Gasteiger partial charge >= 0.3 is 5.97 Å². The summed E-state index contributed by atoms with van der Waals surface area (Å²) in [4.78, 5) is 10.6. The number of rotatable bonds is 3. The molecule has 0 atom stereocenters. The molecule has 0 aromatic heterocycles. The highest BCUT2D eigenvalue weighted by molar-refractivity contribution is 7.91. The second-order valence-corrected chi connectivity index (χ2v) is 5.95. The Morgan fingerprint density at radius 2 is 1.88 bits per heavy atom. The lowest BCUT2D eigenvalue weighted by molar-refractivity contribution is 0.0697. The van der Waals surface area contributed by atoms with Gasteiger partial charge < -0.3 is 5.11 Å². The number of carboxylic acids is 1. The second kappa shape index (κ2) is 4.61. The first-order chi connectivity index (χ1) is 7.31. The largest absolute Gasteiger partial charge is 0.478 e. The van der Waals surface area contributed by atoms with Gasteiger partial charge in [-0.2, -0.15) is 0 Å². The van der Waals surface area contributed by atoms with Crippen LogP contribution in [-0.4, -0.2) is 25.2 Å². The van der Waals surface area contributed by atoms with Crippen LogP contribution in [0.1, 0.15) is 17.3 Å². The molecule has 0 aliphatic carbocycles. The Balaban J connectivity index is 3.51. The molecule has 1 rings (SSSR count). The number of benzene rings is 1. The maximum atomic E-state index is 11.6. The molecule has 0 unspecified atom stereocenters. The molecule has 0 aliphatic heterocycles. The Morgan fingerprint density at radius 3 is 2.31 bits per heavy atom. The van der Waals surface area contributed by atoms with Crippen molar-refractivity contribution in [2.24, 2.45) is 0 Å². The van der Waals surface area contributed by atoms with Crippen molar-refractivity contribution in [2.75, 3.05) is 5.75 Å². The fourth-order valence-electron chi connectivity index (χ4n) is 1.09. The molecule has 4 nitrogen and oxygen atoms in total. The molecule has 0 bridgehead atoms. The molecule has 0 amide bonds. The van der Waals surface area contributed by atoms with E-state index in [4.69, 9.17) is 28.3 Å². The molecule has 1 aromatic carbocycles. The van der Waals surface area contributed by atoms with Crippen LogP contribution in [0.3, 0.4) is 0 Å². The number of halogens is 2. The summed E-state index contributed by atoms with van der Waals surface area (Å²) in [7, 11) is -3.50. The van der Waals surface area contributed by atoms with Crippen LogP contribution in [0.25, 0.3) is 0 Å². The van der Waals surface area contributed by atoms with Gasteiger partial charge in [-0.1, -0.05) is 30.1 Å². The van der Waals surface area contributed by atoms with Crippen LogP contribution in [0.2, 0.25) is 10.0 Å². The summed E-state index contributed by atoms with van der Waals surface area (Å²) in [5.41, 5.74) is -0.221. The van der Waals surface area contributed by atoms with Gasteiger partial charge in [-0.05, 0) is 12.1 Å². The summed E-state index contributed by atoms with van der Waals surface area (Å²) >= 11 is 11.4. The monoisotopic (exact) mass is 282 g/mol. The Morgan fingerprint density at radius 1 is 1.31 bits per heavy atom. The normalized spacial score (nSPS) is 11.4. The average molecular weight is 283 g/mol. The minimum absolute atomic E-state index is 0.129. The zero-order valence-corrected chi connectivity index (χ0v) is 10.5. The van der Waals surface area contributed by atoms with Gasteiger partial charge in [0.15, 0.2) is 9.84 Å². The van der Waals surface area contributed by atoms with Gasteiger partial charge in [0.25, 0.3) is 0 Å². The molecular formula is C9H8Cl2O4S. The van der Waals surface area contributed by atoms with Gasteiger partial charge in [-0.25, -0.2) is 13.2 Å². The molecule has 0 radical (unpaired) electrons. The van der Waals surface area contributed by atoms with Crippen molar-refractivity contribution in [2.45, 2.75) is 11.8 Å². The van der Waals surface area contributed by atoms with Gasteiger partial charge in [0.2, 0.25) is 0 Å². The van der Waals surface area contributed by atoms with Crippen molar-refractivity contribution in [1.29, 1.82) is 0 Å². The van der Waals surface area contributed by atoms with Crippen LogP contribution < -0.4 is 0 Å². The SMILES string of the molecule is CCS(=O)(=O)c1ccc(C(=O)O)c(Cl)c1Cl. The topological polar surface area (TPSA) is 71.4 Å². The fraction of sp³-hybridized carbons (Fsp3) is 0.222. The van der Waals surface area contributed by atoms with Crippen LogP contribution in [0, 0.1) is 0 Å². The third-order valence-corrected chi connectivity index (χ3v) is 4.76. The van der Waals surface area contributed by atoms with E-state index in [9.17, 15) is 13.2 Å². The van der Waals surface area contributed by atoms with Crippen molar-refractivity contribution in [3.05, 3.63) is 27.7 Å². The lowest BCUT2D eigenvalue weighted by Crippen LogP contribution is -2.06. The van der Waals surface area contributed by atoms with Crippen LogP contribution in [-0.2, 0) is 9.84 Å².